The van der Waals surface area contributed by atoms with E-state index in [0.717, 1.165) is 56.4 Å². The fourth-order valence-electron chi connectivity index (χ4n) is 4.67. The standard InChI is InChI=1S/C26H28F3N9/c1-3-37-6-8-38(9-7-37)22-5-4-17(12-31-22)13-34-25-35-23(18(11-30)16-36(25)2)21-15-33-24-20(21)10-19(14-32-24)26(27,28)29/h4-5,10,12,14-15H,3,6-9,13,16H2,1-2H3,(H,32,33)(H,34,35). The van der Waals surface area contributed by atoms with Crippen LogP contribution in [0.5, 0.6) is 0 Å². The van der Waals surface area contributed by atoms with Crippen LogP contribution in [-0.2, 0) is 12.7 Å². The van der Waals surface area contributed by atoms with Crippen LogP contribution in [0.15, 0.2) is 47.4 Å². The summed E-state index contributed by atoms with van der Waals surface area (Å²) in [5, 5.41) is 13.3. The summed E-state index contributed by atoms with van der Waals surface area (Å²) in [7, 11) is 1.80. The molecule has 2 N–H and O–H groups in total. The highest BCUT2D eigenvalue weighted by Gasteiger charge is 2.32. The first kappa shape index (κ1) is 25.5. The lowest BCUT2D eigenvalue weighted by molar-refractivity contribution is -0.137. The zero-order valence-corrected chi connectivity index (χ0v) is 21.2. The Morgan fingerprint density at radius 3 is 2.58 bits per heavy atom. The molecule has 0 atom stereocenters. The van der Waals surface area contributed by atoms with Crippen LogP contribution in [0.1, 0.15) is 23.6 Å². The molecule has 0 spiro atoms. The van der Waals surface area contributed by atoms with Gasteiger partial charge in [0.15, 0.2) is 5.96 Å². The first-order valence-corrected chi connectivity index (χ1v) is 12.4. The van der Waals surface area contributed by atoms with Gasteiger partial charge in [0.1, 0.15) is 11.5 Å². The number of nitriles is 1. The third-order valence-electron chi connectivity index (χ3n) is 6.91. The van der Waals surface area contributed by atoms with Crippen molar-refractivity contribution in [3.05, 3.63) is 59.1 Å². The number of halogens is 3. The fourth-order valence-corrected chi connectivity index (χ4v) is 4.67. The molecule has 3 aromatic heterocycles. The van der Waals surface area contributed by atoms with Crippen LogP contribution in [0.3, 0.4) is 0 Å². The third kappa shape index (κ3) is 5.15. The molecule has 0 radical (unpaired) electrons. The minimum Gasteiger partial charge on any atom is -0.354 e. The van der Waals surface area contributed by atoms with E-state index in [1.54, 1.807) is 18.1 Å². The summed E-state index contributed by atoms with van der Waals surface area (Å²) in [6.45, 7) is 7.89. The smallest absolute Gasteiger partial charge is 0.354 e. The van der Waals surface area contributed by atoms with Gasteiger partial charge in [-0.25, -0.2) is 15.0 Å². The molecule has 3 aromatic rings. The third-order valence-corrected chi connectivity index (χ3v) is 6.91. The molecular formula is C26H28F3N9. The maximum atomic E-state index is 13.3. The average molecular weight is 524 g/mol. The highest BCUT2D eigenvalue weighted by atomic mass is 19.4. The normalized spacial score (nSPS) is 17.1. The van der Waals surface area contributed by atoms with Crippen LogP contribution in [0.4, 0.5) is 19.0 Å². The number of guanidine groups is 1. The molecule has 198 valence electrons. The van der Waals surface area contributed by atoms with E-state index >= 15 is 0 Å². The number of fused-ring (bicyclic) bond motifs is 1. The van der Waals surface area contributed by atoms with Crippen LogP contribution in [-0.4, -0.2) is 77.0 Å². The van der Waals surface area contributed by atoms with Crippen molar-refractivity contribution in [3.8, 4) is 6.07 Å². The number of likely N-dealkylation sites (N-methyl/N-ethyl adjacent to an activating group) is 2. The molecule has 1 saturated heterocycles. The predicted molar refractivity (Wildman–Crippen MR) is 139 cm³/mol. The molecule has 2 aliphatic rings. The first-order chi connectivity index (χ1) is 18.3. The van der Waals surface area contributed by atoms with Crippen molar-refractivity contribution in [3.63, 3.8) is 0 Å². The molecule has 0 saturated carbocycles. The van der Waals surface area contributed by atoms with Gasteiger partial charge >= 0.3 is 6.18 Å². The van der Waals surface area contributed by atoms with E-state index in [1.807, 2.05) is 18.3 Å². The number of hydrogen-bond donors (Lipinski definition) is 2. The summed E-state index contributed by atoms with van der Waals surface area (Å²) in [6, 6.07) is 7.22. The molecular weight excluding hydrogens is 495 g/mol. The van der Waals surface area contributed by atoms with E-state index in [9.17, 15) is 18.4 Å². The van der Waals surface area contributed by atoms with Crippen molar-refractivity contribution >= 4 is 28.5 Å². The number of aromatic amines is 1. The molecule has 1 fully saturated rings. The quantitative estimate of drug-likeness (QED) is 0.529. The summed E-state index contributed by atoms with van der Waals surface area (Å²) >= 11 is 0. The summed E-state index contributed by atoms with van der Waals surface area (Å²) < 4.78 is 39.9. The number of nitrogens with zero attached hydrogens (tertiary/aromatic N) is 7. The molecule has 2 aliphatic heterocycles. The molecule has 0 bridgehead atoms. The lowest BCUT2D eigenvalue weighted by atomic mass is 10.0. The zero-order chi connectivity index (χ0) is 26.9. The summed E-state index contributed by atoms with van der Waals surface area (Å²) in [6.07, 6.45) is -0.366. The number of hydrogen-bond acceptors (Lipinski definition) is 8. The number of H-pyrrole nitrogens is 1. The van der Waals surface area contributed by atoms with Gasteiger partial charge in [0.2, 0.25) is 0 Å². The van der Waals surface area contributed by atoms with E-state index in [0.29, 0.717) is 35.0 Å². The second kappa shape index (κ2) is 10.3. The number of nitrogens with one attached hydrogen (secondary N) is 2. The van der Waals surface area contributed by atoms with E-state index in [1.165, 1.54) is 0 Å². The Labute approximate surface area is 218 Å². The monoisotopic (exact) mass is 523 g/mol. The lowest BCUT2D eigenvalue weighted by Gasteiger charge is -2.34. The van der Waals surface area contributed by atoms with Gasteiger partial charge in [0.25, 0.3) is 0 Å². The van der Waals surface area contributed by atoms with Crippen molar-refractivity contribution in [2.75, 3.05) is 51.2 Å². The molecule has 5 rings (SSSR count). The number of anilines is 1. The van der Waals surface area contributed by atoms with Crippen molar-refractivity contribution in [1.29, 1.82) is 5.26 Å². The van der Waals surface area contributed by atoms with Gasteiger partial charge in [-0.05, 0) is 24.2 Å². The number of rotatable bonds is 5. The number of alkyl halides is 3. The number of aliphatic imine (C=N–C) groups is 1. The van der Waals surface area contributed by atoms with Crippen LogP contribution in [0.25, 0.3) is 16.7 Å². The van der Waals surface area contributed by atoms with Crippen LogP contribution < -0.4 is 10.2 Å². The summed E-state index contributed by atoms with van der Waals surface area (Å²) in [4.78, 5) is 22.6. The topological polar surface area (TPSA) is 99.5 Å². The highest BCUT2D eigenvalue weighted by molar-refractivity contribution is 5.97. The van der Waals surface area contributed by atoms with E-state index in [4.69, 9.17) is 0 Å². The number of pyridine rings is 2. The van der Waals surface area contributed by atoms with Crippen LogP contribution in [0, 0.1) is 11.3 Å². The van der Waals surface area contributed by atoms with Crippen LogP contribution >= 0.6 is 0 Å². The molecule has 0 aliphatic carbocycles. The molecule has 9 nitrogen and oxygen atoms in total. The molecule has 0 amide bonds. The fraction of sp³-hybridized carbons (Fsp3) is 0.385. The molecule has 12 heteroatoms. The van der Waals surface area contributed by atoms with Gasteiger partial charge in [0.05, 0.1) is 29.4 Å². The second-order valence-corrected chi connectivity index (χ2v) is 9.35. The maximum absolute atomic E-state index is 13.3. The molecule has 0 aromatic carbocycles. The van der Waals surface area contributed by atoms with Gasteiger partial charge in [-0.2, -0.15) is 18.4 Å². The Bertz CT molecular complexity index is 1410. The van der Waals surface area contributed by atoms with Gasteiger partial charge in [-0.3, -0.25) is 0 Å². The van der Waals surface area contributed by atoms with Gasteiger partial charge in [0, 0.05) is 69.3 Å². The number of aromatic nitrogens is 3. The maximum Gasteiger partial charge on any atom is 0.417 e. The van der Waals surface area contributed by atoms with E-state index < -0.39 is 11.7 Å². The van der Waals surface area contributed by atoms with E-state index in [2.05, 4.69) is 48.1 Å². The Kier molecular flexibility index (Phi) is 6.94. The summed E-state index contributed by atoms with van der Waals surface area (Å²) in [5.41, 5.74) is 1.47. The highest BCUT2D eigenvalue weighted by Crippen LogP contribution is 2.34. The van der Waals surface area contributed by atoms with Crippen molar-refractivity contribution in [2.24, 2.45) is 4.99 Å². The average Bonchev–Trinajstić information content (AvgIpc) is 3.35. The first-order valence-electron chi connectivity index (χ1n) is 12.4. The van der Waals surface area contributed by atoms with Crippen molar-refractivity contribution in [1.82, 2.24) is 30.1 Å². The largest absolute Gasteiger partial charge is 0.417 e. The van der Waals surface area contributed by atoms with Gasteiger partial charge in [-0.15, -0.1) is 0 Å². The van der Waals surface area contributed by atoms with E-state index in [-0.39, 0.29) is 11.9 Å². The Balaban J connectivity index is 1.34. The number of piperazine rings is 1. The molecule has 38 heavy (non-hydrogen) atoms. The van der Waals surface area contributed by atoms with Crippen molar-refractivity contribution < 1.29 is 13.2 Å². The minimum absolute atomic E-state index is 0.259. The minimum atomic E-state index is -4.53. The zero-order valence-electron chi connectivity index (χ0n) is 21.2. The SMILES string of the molecule is CCN1CCN(c2ccc(CNC3=NC(c4c[nH]c5ncc(C(F)(F)F)cc45)=C(C#N)CN3C)cn2)CC1. The Hall–Kier alpha value is -4.11. The summed E-state index contributed by atoms with van der Waals surface area (Å²) in [5.74, 6) is 1.46. The lowest BCUT2D eigenvalue weighted by Crippen LogP contribution is -2.46. The Morgan fingerprint density at radius 2 is 1.92 bits per heavy atom. The second-order valence-electron chi connectivity index (χ2n) is 9.35. The molecule has 0 unspecified atom stereocenters. The van der Waals surface area contributed by atoms with Gasteiger partial charge in [-0.1, -0.05) is 13.0 Å². The van der Waals surface area contributed by atoms with Crippen molar-refractivity contribution in [2.45, 2.75) is 19.6 Å². The Morgan fingerprint density at radius 1 is 1.13 bits per heavy atom. The molecule has 5 heterocycles. The predicted octanol–water partition coefficient (Wildman–Crippen LogP) is 3.44. The van der Waals surface area contributed by atoms with Gasteiger partial charge < -0.3 is 25.0 Å². The van der Waals surface area contributed by atoms with Crippen LogP contribution in [0.2, 0.25) is 0 Å².